The van der Waals surface area contributed by atoms with Crippen LogP contribution in [-0.4, -0.2) is 25.2 Å². The Morgan fingerprint density at radius 2 is 2.31 bits per heavy atom. The number of aryl methyl sites for hydroxylation is 1. The van der Waals surface area contributed by atoms with Crippen LogP contribution in [-0.2, 0) is 7.05 Å². The van der Waals surface area contributed by atoms with Gasteiger partial charge in [0, 0.05) is 17.7 Å². The maximum absolute atomic E-state index is 4.17. The minimum absolute atomic E-state index is 0.646. The van der Waals surface area contributed by atoms with Crippen molar-refractivity contribution in [3.05, 3.63) is 22.8 Å². The van der Waals surface area contributed by atoms with Gasteiger partial charge in [0.2, 0.25) is 5.82 Å². The van der Waals surface area contributed by atoms with Gasteiger partial charge in [-0.15, -0.1) is 5.10 Å². The van der Waals surface area contributed by atoms with Crippen molar-refractivity contribution in [3.8, 4) is 11.5 Å². The molecule has 0 bridgehead atoms. The molecule has 0 aliphatic rings. The van der Waals surface area contributed by atoms with E-state index in [0.717, 1.165) is 10.2 Å². The number of hydrogen-bond donors (Lipinski definition) is 0. The maximum atomic E-state index is 4.17. The second-order valence-electron chi connectivity index (χ2n) is 2.46. The predicted molar refractivity (Wildman–Crippen MR) is 49.7 cm³/mol. The summed E-state index contributed by atoms with van der Waals surface area (Å²) in [6.07, 6.45) is 1.70. The molecule has 13 heavy (non-hydrogen) atoms. The summed E-state index contributed by atoms with van der Waals surface area (Å²) < 4.78 is 2.46. The zero-order valence-electron chi connectivity index (χ0n) is 6.85. The SMILES string of the molecule is Cn1nnnc1-c1ncccc1Br. The van der Waals surface area contributed by atoms with Gasteiger partial charge in [-0.3, -0.25) is 4.98 Å². The third-order valence-corrected chi connectivity index (χ3v) is 2.23. The summed E-state index contributed by atoms with van der Waals surface area (Å²) >= 11 is 3.38. The molecule has 0 spiro atoms. The first kappa shape index (κ1) is 8.31. The van der Waals surface area contributed by atoms with E-state index in [2.05, 4.69) is 36.4 Å². The molecule has 0 unspecified atom stereocenters. The number of hydrogen-bond acceptors (Lipinski definition) is 4. The smallest absolute Gasteiger partial charge is 0.201 e. The van der Waals surface area contributed by atoms with Gasteiger partial charge in [-0.1, -0.05) is 0 Å². The lowest BCUT2D eigenvalue weighted by Crippen LogP contribution is -1.96. The molecule has 2 heterocycles. The lowest BCUT2D eigenvalue weighted by molar-refractivity contribution is 0.713. The lowest BCUT2D eigenvalue weighted by atomic mass is 10.3. The summed E-state index contributed by atoms with van der Waals surface area (Å²) in [4.78, 5) is 4.17. The van der Waals surface area contributed by atoms with Crippen molar-refractivity contribution in [3.63, 3.8) is 0 Å². The minimum atomic E-state index is 0.646. The van der Waals surface area contributed by atoms with Gasteiger partial charge >= 0.3 is 0 Å². The molecule has 0 fully saturated rings. The Kier molecular flexibility index (Phi) is 2.05. The number of aromatic nitrogens is 5. The fourth-order valence-electron chi connectivity index (χ4n) is 0.980. The maximum Gasteiger partial charge on any atom is 0.201 e. The van der Waals surface area contributed by atoms with Crippen LogP contribution in [0.3, 0.4) is 0 Å². The van der Waals surface area contributed by atoms with Crippen molar-refractivity contribution >= 4 is 15.9 Å². The number of tetrazole rings is 1. The van der Waals surface area contributed by atoms with Gasteiger partial charge in [0.15, 0.2) is 0 Å². The number of halogens is 1. The van der Waals surface area contributed by atoms with Crippen LogP contribution in [0.1, 0.15) is 0 Å². The molecule has 0 aliphatic heterocycles. The van der Waals surface area contributed by atoms with Crippen LogP contribution in [0, 0.1) is 0 Å². The van der Waals surface area contributed by atoms with Gasteiger partial charge in [0.25, 0.3) is 0 Å². The quantitative estimate of drug-likeness (QED) is 0.747. The van der Waals surface area contributed by atoms with Crippen LogP contribution in [0.15, 0.2) is 22.8 Å². The molecule has 0 saturated heterocycles. The normalized spacial score (nSPS) is 10.3. The Hall–Kier alpha value is -1.30. The van der Waals surface area contributed by atoms with Crippen molar-refractivity contribution < 1.29 is 0 Å². The Bertz CT molecular complexity index is 424. The number of nitrogens with zero attached hydrogens (tertiary/aromatic N) is 5. The minimum Gasteiger partial charge on any atom is -0.252 e. The third-order valence-electron chi connectivity index (χ3n) is 1.59. The lowest BCUT2D eigenvalue weighted by Gasteiger charge is -1.99. The van der Waals surface area contributed by atoms with Gasteiger partial charge in [-0.2, -0.15) is 0 Å². The molecule has 2 rings (SSSR count). The monoisotopic (exact) mass is 239 g/mol. The van der Waals surface area contributed by atoms with E-state index in [4.69, 9.17) is 0 Å². The summed E-state index contributed by atoms with van der Waals surface area (Å²) in [6, 6.07) is 3.74. The van der Waals surface area contributed by atoms with E-state index in [0.29, 0.717) is 5.82 Å². The highest BCUT2D eigenvalue weighted by molar-refractivity contribution is 9.10. The molecule has 6 heteroatoms. The van der Waals surface area contributed by atoms with Crippen LogP contribution >= 0.6 is 15.9 Å². The number of rotatable bonds is 1. The van der Waals surface area contributed by atoms with E-state index < -0.39 is 0 Å². The molecule has 0 saturated carbocycles. The summed E-state index contributed by atoms with van der Waals surface area (Å²) in [6.45, 7) is 0. The first-order chi connectivity index (χ1) is 6.29. The van der Waals surface area contributed by atoms with Crippen molar-refractivity contribution in [2.75, 3.05) is 0 Å². The van der Waals surface area contributed by atoms with E-state index in [-0.39, 0.29) is 0 Å². The highest BCUT2D eigenvalue weighted by Crippen LogP contribution is 2.22. The van der Waals surface area contributed by atoms with Gasteiger partial charge in [-0.05, 0) is 38.5 Å². The van der Waals surface area contributed by atoms with Crippen molar-refractivity contribution in [2.24, 2.45) is 7.05 Å². The van der Waals surface area contributed by atoms with Gasteiger partial charge in [0.1, 0.15) is 5.69 Å². The average molecular weight is 240 g/mol. The predicted octanol–water partition coefficient (Wildman–Crippen LogP) is 1.03. The molecule has 66 valence electrons. The second-order valence-corrected chi connectivity index (χ2v) is 3.31. The summed E-state index contributed by atoms with van der Waals surface area (Å²) in [5.74, 6) is 0.646. The van der Waals surface area contributed by atoms with Crippen LogP contribution in [0.5, 0.6) is 0 Å². The average Bonchev–Trinajstić information content (AvgIpc) is 2.52. The Morgan fingerprint density at radius 3 is 2.92 bits per heavy atom. The Labute approximate surface area is 82.9 Å². The fraction of sp³-hybridized carbons (Fsp3) is 0.143. The molecular weight excluding hydrogens is 234 g/mol. The summed E-state index contributed by atoms with van der Waals surface area (Å²) in [7, 11) is 1.77. The van der Waals surface area contributed by atoms with E-state index in [9.17, 15) is 0 Å². The zero-order chi connectivity index (χ0) is 9.26. The first-order valence-corrected chi connectivity index (χ1v) is 4.41. The molecule has 0 aliphatic carbocycles. The molecule has 2 aromatic rings. The first-order valence-electron chi connectivity index (χ1n) is 3.62. The van der Waals surface area contributed by atoms with Gasteiger partial charge in [0.05, 0.1) is 0 Å². The van der Waals surface area contributed by atoms with Gasteiger partial charge < -0.3 is 0 Å². The topological polar surface area (TPSA) is 56.5 Å². The largest absolute Gasteiger partial charge is 0.252 e. The zero-order valence-corrected chi connectivity index (χ0v) is 8.43. The van der Waals surface area contributed by atoms with Crippen molar-refractivity contribution in [1.82, 2.24) is 25.2 Å². The molecule has 0 atom stereocenters. The molecule has 5 nitrogen and oxygen atoms in total. The second kappa shape index (κ2) is 3.21. The highest BCUT2D eigenvalue weighted by Gasteiger charge is 2.09. The molecular formula is C7H6BrN5. The molecule has 2 aromatic heterocycles. The van der Waals surface area contributed by atoms with Crippen LogP contribution in [0.2, 0.25) is 0 Å². The van der Waals surface area contributed by atoms with Crippen molar-refractivity contribution in [1.29, 1.82) is 0 Å². The Morgan fingerprint density at radius 1 is 1.46 bits per heavy atom. The summed E-state index contributed by atoms with van der Waals surface area (Å²) in [5.41, 5.74) is 0.745. The standard InChI is InChI=1S/C7H6BrN5/c1-13-7(10-11-12-13)6-5(8)3-2-4-9-6/h2-4H,1H3. The number of pyridine rings is 1. The highest BCUT2D eigenvalue weighted by atomic mass is 79.9. The van der Waals surface area contributed by atoms with E-state index in [1.165, 1.54) is 0 Å². The van der Waals surface area contributed by atoms with Crippen LogP contribution in [0.4, 0.5) is 0 Å². The van der Waals surface area contributed by atoms with E-state index >= 15 is 0 Å². The molecule has 0 radical (unpaired) electrons. The third kappa shape index (κ3) is 1.44. The van der Waals surface area contributed by atoms with Crippen molar-refractivity contribution in [2.45, 2.75) is 0 Å². The van der Waals surface area contributed by atoms with E-state index in [1.54, 1.807) is 17.9 Å². The molecule has 0 N–H and O–H groups in total. The van der Waals surface area contributed by atoms with Crippen LogP contribution < -0.4 is 0 Å². The summed E-state index contributed by atoms with van der Waals surface area (Å²) in [5, 5.41) is 11.1. The fourth-order valence-corrected chi connectivity index (χ4v) is 1.41. The molecule has 0 amide bonds. The molecule has 0 aromatic carbocycles. The van der Waals surface area contributed by atoms with E-state index in [1.807, 2.05) is 12.1 Å². The van der Waals surface area contributed by atoms with Crippen LogP contribution in [0.25, 0.3) is 11.5 Å². The Balaban J connectivity index is 2.59. The van der Waals surface area contributed by atoms with Gasteiger partial charge in [-0.25, -0.2) is 4.68 Å².